The normalized spacial score (nSPS) is 26.3. The minimum atomic E-state index is -0.840. The molecule has 0 N–H and O–H groups in total. The number of carbonyl (C=O) groups excluding carboxylic acids is 2. The van der Waals surface area contributed by atoms with Gasteiger partial charge in [0, 0.05) is 21.0 Å². The third kappa shape index (κ3) is 10.8. The molecule has 0 aromatic heterocycles. The molecule has 3 aromatic rings. The first-order chi connectivity index (χ1) is 23.9. The Kier molecular flexibility index (Phi) is 13.5. The summed E-state index contributed by atoms with van der Waals surface area (Å²) in [7, 11) is 1.55. The maximum absolute atomic E-state index is 11.7. The molecule has 2 aliphatic heterocycles. The van der Waals surface area contributed by atoms with Crippen molar-refractivity contribution in [2.75, 3.05) is 13.7 Å². The lowest BCUT2D eigenvalue weighted by molar-refractivity contribution is -0.307. The van der Waals surface area contributed by atoms with Crippen molar-refractivity contribution >= 4 is 11.9 Å². The van der Waals surface area contributed by atoms with Crippen molar-refractivity contribution in [3.63, 3.8) is 0 Å². The molecule has 0 aliphatic carbocycles. The first-order valence-corrected chi connectivity index (χ1v) is 16.2. The van der Waals surface area contributed by atoms with Gasteiger partial charge in [-0.2, -0.15) is 0 Å². The van der Waals surface area contributed by atoms with Crippen LogP contribution in [0.1, 0.15) is 30.5 Å². The molecule has 4 unspecified atom stereocenters. The molecule has 10 nitrogen and oxygen atoms in total. The predicted octanol–water partition coefficient (Wildman–Crippen LogP) is 4.94. The summed E-state index contributed by atoms with van der Waals surface area (Å²) in [4.78, 5) is 23.2. The highest BCUT2D eigenvalue weighted by molar-refractivity contribution is 5.67. The lowest BCUT2D eigenvalue weighted by Crippen LogP contribution is -2.60. The Morgan fingerprint density at radius 1 is 0.653 bits per heavy atom. The number of methoxy groups -OCH3 is 1. The average Bonchev–Trinajstić information content (AvgIpc) is 3.12. The van der Waals surface area contributed by atoms with E-state index < -0.39 is 61.0 Å². The van der Waals surface area contributed by atoms with Gasteiger partial charge in [-0.25, -0.2) is 0 Å². The third-order valence-electron chi connectivity index (χ3n) is 7.87. The lowest BCUT2D eigenvalue weighted by atomic mass is 9.97. The molecule has 1 saturated heterocycles. The maximum Gasteiger partial charge on any atom is 0.303 e. The van der Waals surface area contributed by atoms with Crippen LogP contribution in [0.4, 0.5) is 0 Å². The molecule has 0 bridgehead atoms. The van der Waals surface area contributed by atoms with Crippen molar-refractivity contribution in [1.82, 2.24) is 0 Å². The van der Waals surface area contributed by atoms with Gasteiger partial charge in [0.05, 0.1) is 19.8 Å². The molecule has 0 radical (unpaired) electrons. The van der Waals surface area contributed by atoms with Crippen LogP contribution in [-0.4, -0.2) is 74.7 Å². The predicted molar refractivity (Wildman–Crippen MR) is 178 cm³/mol. The zero-order chi connectivity index (χ0) is 34.4. The van der Waals surface area contributed by atoms with Crippen LogP contribution in [0.25, 0.3) is 0 Å². The number of benzene rings is 3. The number of esters is 2. The summed E-state index contributed by atoms with van der Waals surface area (Å²) in [6.07, 6.45) is -2.52. The van der Waals surface area contributed by atoms with Crippen molar-refractivity contribution in [1.29, 1.82) is 0 Å². The van der Waals surface area contributed by atoms with Crippen LogP contribution in [0.15, 0.2) is 103 Å². The second kappa shape index (κ2) is 18.4. The Labute approximate surface area is 287 Å². The molecular formula is C39H42O10. The van der Waals surface area contributed by atoms with Gasteiger partial charge in [-0.05, 0) is 28.8 Å². The third-order valence-corrected chi connectivity index (χ3v) is 7.87. The number of rotatable bonds is 13. The fraction of sp³-hybridized carbons (Fsp3) is 0.385. The summed E-state index contributed by atoms with van der Waals surface area (Å²) in [6, 6.07) is 29.5. The van der Waals surface area contributed by atoms with Crippen LogP contribution in [0.5, 0.6) is 0 Å². The van der Waals surface area contributed by atoms with E-state index in [1.807, 2.05) is 91.0 Å². The molecule has 5 rings (SSSR count). The summed E-state index contributed by atoms with van der Waals surface area (Å²) in [6.45, 7) is 3.36. The molecule has 258 valence electrons. The summed E-state index contributed by atoms with van der Waals surface area (Å²) in [5.74, 6) is 5.36. The van der Waals surface area contributed by atoms with Crippen molar-refractivity contribution in [3.05, 3.63) is 120 Å². The maximum atomic E-state index is 11.7. The zero-order valence-electron chi connectivity index (χ0n) is 27.8. The molecule has 2 heterocycles. The topological polar surface area (TPSA) is 108 Å². The minimum absolute atomic E-state index is 0.111. The van der Waals surface area contributed by atoms with Crippen LogP contribution in [-0.2, 0) is 67.3 Å². The van der Waals surface area contributed by atoms with Gasteiger partial charge in [0.15, 0.2) is 6.29 Å². The van der Waals surface area contributed by atoms with Gasteiger partial charge in [-0.15, -0.1) is 0 Å². The Morgan fingerprint density at radius 3 is 1.69 bits per heavy atom. The highest BCUT2D eigenvalue weighted by Gasteiger charge is 2.48. The quantitative estimate of drug-likeness (QED) is 0.141. The molecule has 3 aromatic carbocycles. The number of hydrogen-bond acceptors (Lipinski definition) is 10. The van der Waals surface area contributed by atoms with Gasteiger partial charge < -0.3 is 37.9 Å². The van der Waals surface area contributed by atoms with E-state index in [2.05, 4.69) is 11.8 Å². The molecule has 0 amide bonds. The lowest BCUT2D eigenvalue weighted by Gasteiger charge is -2.44. The summed E-state index contributed by atoms with van der Waals surface area (Å²) in [5.41, 5.74) is 2.94. The highest BCUT2D eigenvalue weighted by atomic mass is 16.7. The average molecular weight is 671 g/mol. The minimum Gasteiger partial charge on any atom is -0.463 e. The molecule has 10 heteroatoms. The van der Waals surface area contributed by atoms with E-state index in [9.17, 15) is 9.59 Å². The van der Waals surface area contributed by atoms with Crippen LogP contribution in [0.2, 0.25) is 0 Å². The fourth-order valence-corrected chi connectivity index (χ4v) is 5.50. The molecular weight excluding hydrogens is 628 g/mol. The Hall–Kier alpha value is -4.34. The van der Waals surface area contributed by atoms with Gasteiger partial charge in [0.2, 0.25) is 0 Å². The highest BCUT2D eigenvalue weighted by Crippen LogP contribution is 2.31. The Morgan fingerprint density at radius 2 is 1.18 bits per heavy atom. The Balaban J connectivity index is 1.44. The van der Waals surface area contributed by atoms with Crippen LogP contribution in [0, 0.1) is 11.8 Å². The van der Waals surface area contributed by atoms with Crippen LogP contribution < -0.4 is 0 Å². The van der Waals surface area contributed by atoms with Crippen molar-refractivity contribution in [3.8, 4) is 11.8 Å². The van der Waals surface area contributed by atoms with Gasteiger partial charge >= 0.3 is 11.9 Å². The van der Waals surface area contributed by atoms with E-state index in [0.29, 0.717) is 13.2 Å². The number of hydrogen-bond donors (Lipinski definition) is 0. The van der Waals surface area contributed by atoms with Gasteiger partial charge in [-0.3, -0.25) is 9.59 Å². The van der Waals surface area contributed by atoms with Crippen molar-refractivity contribution in [2.24, 2.45) is 0 Å². The monoisotopic (exact) mass is 670 g/mol. The first kappa shape index (κ1) is 36.0. The van der Waals surface area contributed by atoms with E-state index in [1.165, 1.54) is 13.8 Å². The largest absolute Gasteiger partial charge is 0.463 e. The van der Waals surface area contributed by atoms with E-state index in [-0.39, 0.29) is 13.2 Å². The summed E-state index contributed by atoms with van der Waals surface area (Å²) >= 11 is 0. The smallest absolute Gasteiger partial charge is 0.303 e. The fourth-order valence-electron chi connectivity index (χ4n) is 5.50. The molecule has 8 atom stereocenters. The van der Waals surface area contributed by atoms with Gasteiger partial charge in [-0.1, -0.05) is 103 Å². The van der Waals surface area contributed by atoms with Crippen molar-refractivity contribution in [2.45, 2.75) is 82.7 Å². The molecule has 49 heavy (non-hydrogen) atoms. The zero-order valence-corrected chi connectivity index (χ0v) is 27.8. The van der Waals surface area contributed by atoms with Gasteiger partial charge in [0.1, 0.15) is 49.3 Å². The molecule has 2 aliphatic rings. The standard InChI is InChI=1S/C39H42O10/c1-27(40)43-26-35-33(47-28(2)41)21-19-32(48-35)20-22-34-36(44-23-29-13-7-4-8-14-29)37(45-24-30-15-9-5-10-16-30)38(39(42-3)49-34)46-25-31-17-11-6-12-18-31/h4-19,21,32-39H,23-26H2,1-3H3/t32-,33+,34?,35?,36-,37?,38?,39+/m1/s1. The van der Waals surface area contributed by atoms with Crippen LogP contribution in [0.3, 0.4) is 0 Å². The molecule has 0 spiro atoms. The Bertz CT molecular complexity index is 1550. The second-order valence-corrected chi connectivity index (χ2v) is 11.6. The van der Waals surface area contributed by atoms with E-state index in [0.717, 1.165) is 16.7 Å². The van der Waals surface area contributed by atoms with Crippen molar-refractivity contribution < 1.29 is 47.5 Å². The second-order valence-electron chi connectivity index (χ2n) is 11.6. The van der Waals surface area contributed by atoms with Crippen LogP contribution >= 0.6 is 0 Å². The SMILES string of the molecule is CO[C@H]1OC(C#C[C@H]2C=C[C@H](OC(C)=O)C(COC(C)=O)O2)[C@@H](OCc2ccccc2)C(OCc2ccccc2)C1OCc1ccccc1. The van der Waals surface area contributed by atoms with Gasteiger partial charge in [0.25, 0.3) is 0 Å². The van der Waals surface area contributed by atoms with E-state index >= 15 is 0 Å². The summed E-state index contributed by atoms with van der Waals surface area (Å²) in [5, 5.41) is 0. The first-order valence-electron chi connectivity index (χ1n) is 16.2. The van der Waals surface area contributed by atoms with E-state index in [1.54, 1.807) is 19.3 Å². The number of ether oxygens (including phenoxy) is 8. The summed E-state index contributed by atoms with van der Waals surface area (Å²) < 4.78 is 48.6. The van der Waals surface area contributed by atoms with E-state index in [4.69, 9.17) is 37.9 Å². The molecule has 0 saturated carbocycles. The molecule has 1 fully saturated rings. The number of carbonyl (C=O) groups is 2.